The van der Waals surface area contributed by atoms with Crippen molar-refractivity contribution in [1.29, 1.82) is 0 Å². The number of anilines is 1. The van der Waals surface area contributed by atoms with E-state index in [0.29, 0.717) is 34.2 Å². The van der Waals surface area contributed by atoms with Crippen LogP contribution in [0.3, 0.4) is 0 Å². The first kappa shape index (κ1) is 20.5. The molecule has 0 aliphatic heterocycles. The largest absolute Gasteiger partial charge is 0.497 e. The molecule has 0 bridgehead atoms. The molecule has 158 valence electrons. The number of hydrogen-bond donors (Lipinski definition) is 1. The smallest absolute Gasteiger partial charge is 0.262 e. The number of amides is 1. The third kappa shape index (κ3) is 4.38. The summed E-state index contributed by atoms with van der Waals surface area (Å²) in [5.74, 6) is 1.67. The van der Waals surface area contributed by atoms with Crippen LogP contribution in [-0.2, 0) is 4.79 Å². The number of fused-ring (bicyclic) bond motifs is 1. The molecular formula is C25H24N2O4. The Kier molecular flexibility index (Phi) is 5.62. The summed E-state index contributed by atoms with van der Waals surface area (Å²) in [5.41, 5.74) is 5.89. The highest BCUT2D eigenvalue weighted by Gasteiger charge is 2.15. The van der Waals surface area contributed by atoms with Crippen LogP contribution in [0, 0.1) is 20.8 Å². The molecule has 4 rings (SSSR count). The summed E-state index contributed by atoms with van der Waals surface area (Å²) in [4.78, 5) is 17.1. The molecule has 6 nitrogen and oxygen atoms in total. The van der Waals surface area contributed by atoms with Gasteiger partial charge in [0.05, 0.1) is 7.11 Å². The number of oxazole rings is 1. The Bertz CT molecular complexity index is 1260. The SMILES string of the molecule is COc1ccc2oc(-c3cccc(NC(=O)COc4ccc(C)cc4C)c3C)nc2c1. The average molecular weight is 416 g/mol. The van der Waals surface area contributed by atoms with E-state index in [1.807, 2.05) is 75.4 Å². The van der Waals surface area contributed by atoms with Gasteiger partial charge >= 0.3 is 0 Å². The molecule has 0 radical (unpaired) electrons. The van der Waals surface area contributed by atoms with Crippen LogP contribution in [0.4, 0.5) is 5.69 Å². The van der Waals surface area contributed by atoms with Crippen molar-refractivity contribution in [1.82, 2.24) is 4.98 Å². The number of carbonyl (C=O) groups is 1. The lowest BCUT2D eigenvalue weighted by molar-refractivity contribution is -0.118. The number of rotatable bonds is 6. The van der Waals surface area contributed by atoms with Gasteiger partial charge in [-0.3, -0.25) is 4.79 Å². The van der Waals surface area contributed by atoms with E-state index in [1.54, 1.807) is 7.11 Å². The number of aryl methyl sites for hydroxylation is 2. The Morgan fingerprint density at radius 2 is 1.90 bits per heavy atom. The summed E-state index contributed by atoms with van der Waals surface area (Å²) in [6, 6.07) is 17.0. The lowest BCUT2D eigenvalue weighted by Crippen LogP contribution is -2.21. The van der Waals surface area contributed by atoms with Crippen LogP contribution >= 0.6 is 0 Å². The van der Waals surface area contributed by atoms with E-state index in [4.69, 9.17) is 13.9 Å². The van der Waals surface area contributed by atoms with E-state index in [0.717, 1.165) is 22.3 Å². The summed E-state index contributed by atoms with van der Waals surface area (Å²) in [5, 5.41) is 2.92. The maximum absolute atomic E-state index is 12.5. The molecule has 1 N–H and O–H groups in total. The van der Waals surface area contributed by atoms with Crippen LogP contribution in [0.5, 0.6) is 11.5 Å². The van der Waals surface area contributed by atoms with Crippen molar-refractivity contribution in [2.24, 2.45) is 0 Å². The first-order valence-electron chi connectivity index (χ1n) is 9.99. The molecular weight excluding hydrogens is 392 g/mol. The summed E-state index contributed by atoms with van der Waals surface area (Å²) in [7, 11) is 1.61. The molecule has 1 aromatic heterocycles. The maximum atomic E-state index is 12.5. The van der Waals surface area contributed by atoms with Crippen molar-refractivity contribution in [2.75, 3.05) is 19.0 Å². The second kappa shape index (κ2) is 8.52. The minimum atomic E-state index is -0.234. The molecule has 31 heavy (non-hydrogen) atoms. The average Bonchev–Trinajstić information content (AvgIpc) is 3.17. The summed E-state index contributed by atoms with van der Waals surface area (Å²) >= 11 is 0. The van der Waals surface area contributed by atoms with Gasteiger partial charge in [0, 0.05) is 17.3 Å². The number of methoxy groups -OCH3 is 1. The molecule has 0 fully saturated rings. The van der Waals surface area contributed by atoms with E-state index in [9.17, 15) is 4.79 Å². The van der Waals surface area contributed by atoms with E-state index >= 15 is 0 Å². The normalized spacial score (nSPS) is 10.8. The number of benzene rings is 3. The second-order valence-corrected chi connectivity index (χ2v) is 7.44. The van der Waals surface area contributed by atoms with E-state index in [1.165, 1.54) is 0 Å². The lowest BCUT2D eigenvalue weighted by atomic mass is 10.1. The van der Waals surface area contributed by atoms with Gasteiger partial charge in [-0.05, 0) is 62.2 Å². The van der Waals surface area contributed by atoms with Crippen molar-refractivity contribution in [3.05, 3.63) is 71.3 Å². The highest BCUT2D eigenvalue weighted by atomic mass is 16.5. The summed E-state index contributed by atoms with van der Waals surface area (Å²) in [6.45, 7) is 5.83. The van der Waals surface area contributed by atoms with Gasteiger partial charge in [0.25, 0.3) is 5.91 Å². The molecule has 0 aliphatic rings. The Hall–Kier alpha value is -3.80. The highest BCUT2D eigenvalue weighted by Crippen LogP contribution is 2.31. The Labute approximate surface area is 180 Å². The monoisotopic (exact) mass is 416 g/mol. The van der Waals surface area contributed by atoms with Gasteiger partial charge in [0.15, 0.2) is 12.2 Å². The Balaban J connectivity index is 1.51. The van der Waals surface area contributed by atoms with Crippen molar-refractivity contribution in [3.63, 3.8) is 0 Å². The van der Waals surface area contributed by atoms with Crippen LogP contribution in [0.25, 0.3) is 22.6 Å². The second-order valence-electron chi connectivity index (χ2n) is 7.44. The topological polar surface area (TPSA) is 73.6 Å². The van der Waals surface area contributed by atoms with Crippen LogP contribution in [0.2, 0.25) is 0 Å². The van der Waals surface area contributed by atoms with E-state index in [-0.39, 0.29) is 12.5 Å². The maximum Gasteiger partial charge on any atom is 0.262 e. The number of carbonyl (C=O) groups excluding carboxylic acids is 1. The zero-order valence-electron chi connectivity index (χ0n) is 18.0. The first-order valence-corrected chi connectivity index (χ1v) is 9.99. The van der Waals surface area contributed by atoms with Gasteiger partial charge in [-0.2, -0.15) is 0 Å². The Morgan fingerprint density at radius 1 is 1.06 bits per heavy atom. The van der Waals surface area contributed by atoms with E-state index < -0.39 is 0 Å². The van der Waals surface area contributed by atoms with Crippen LogP contribution < -0.4 is 14.8 Å². The predicted octanol–water partition coefficient (Wildman–Crippen LogP) is 5.45. The molecule has 3 aromatic carbocycles. The number of nitrogens with one attached hydrogen (secondary N) is 1. The van der Waals surface area contributed by atoms with Crippen molar-refractivity contribution < 1.29 is 18.7 Å². The number of hydrogen-bond acceptors (Lipinski definition) is 5. The quantitative estimate of drug-likeness (QED) is 0.453. The van der Waals surface area contributed by atoms with Gasteiger partial charge in [0.2, 0.25) is 5.89 Å². The molecule has 0 aliphatic carbocycles. The highest BCUT2D eigenvalue weighted by molar-refractivity contribution is 5.93. The first-order chi connectivity index (χ1) is 14.9. The van der Waals surface area contributed by atoms with Crippen LogP contribution in [0.1, 0.15) is 16.7 Å². The Morgan fingerprint density at radius 3 is 2.68 bits per heavy atom. The van der Waals surface area contributed by atoms with Crippen molar-refractivity contribution >= 4 is 22.7 Å². The van der Waals surface area contributed by atoms with Gasteiger partial charge in [-0.15, -0.1) is 0 Å². The van der Waals surface area contributed by atoms with Gasteiger partial charge in [-0.1, -0.05) is 23.8 Å². The minimum absolute atomic E-state index is 0.0732. The third-order valence-electron chi connectivity index (χ3n) is 5.12. The standard InChI is InChI=1S/C25H24N2O4/c1-15-8-10-22(16(2)12-15)30-14-24(28)26-20-7-5-6-19(17(20)3)25-27-21-13-18(29-4)9-11-23(21)31-25/h5-13H,14H2,1-4H3,(H,26,28). The fraction of sp³-hybridized carbons (Fsp3) is 0.200. The molecule has 4 aromatic rings. The van der Waals surface area contributed by atoms with Gasteiger partial charge in [0.1, 0.15) is 17.0 Å². The molecule has 6 heteroatoms. The molecule has 1 amide bonds. The molecule has 0 unspecified atom stereocenters. The van der Waals surface area contributed by atoms with Crippen LogP contribution in [-0.4, -0.2) is 24.6 Å². The van der Waals surface area contributed by atoms with Crippen molar-refractivity contribution in [3.8, 4) is 23.0 Å². The third-order valence-corrected chi connectivity index (χ3v) is 5.12. The van der Waals surface area contributed by atoms with Crippen molar-refractivity contribution in [2.45, 2.75) is 20.8 Å². The zero-order valence-corrected chi connectivity index (χ0v) is 18.0. The van der Waals surface area contributed by atoms with Gasteiger partial charge in [-0.25, -0.2) is 4.98 Å². The fourth-order valence-electron chi connectivity index (χ4n) is 3.44. The number of aromatic nitrogens is 1. The number of ether oxygens (including phenoxy) is 2. The number of nitrogens with zero attached hydrogens (tertiary/aromatic N) is 1. The summed E-state index contributed by atoms with van der Waals surface area (Å²) in [6.07, 6.45) is 0. The fourth-order valence-corrected chi connectivity index (χ4v) is 3.44. The predicted molar refractivity (Wildman–Crippen MR) is 121 cm³/mol. The summed E-state index contributed by atoms with van der Waals surface area (Å²) < 4.78 is 16.9. The lowest BCUT2D eigenvalue weighted by Gasteiger charge is -2.12. The van der Waals surface area contributed by atoms with Gasteiger partial charge < -0.3 is 19.2 Å². The van der Waals surface area contributed by atoms with Crippen LogP contribution in [0.15, 0.2) is 59.0 Å². The molecule has 0 spiro atoms. The zero-order chi connectivity index (χ0) is 22.0. The van der Waals surface area contributed by atoms with E-state index in [2.05, 4.69) is 10.3 Å². The minimum Gasteiger partial charge on any atom is -0.497 e. The molecule has 0 saturated heterocycles. The molecule has 1 heterocycles. The molecule has 0 atom stereocenters. The molecule has 0 saturated carbocycles.